The minimum Gasteiger partial charge on any atom is -0.332 e. The average molecular weight is 431 g/mol. The van der Waals surface area contributed by atoms with Crippen LogP contribution >= 0.6 is 11.6 Å². The molecule has 9 nitrogen and oxygen atoms in total. The van der Waals surface area contributed by atoms with Crippen LogP contribution in [0.15, 0.2) is 42.5 Å². The van der Waals surface area contributed by atoms with Crippen molar-refractivity contribution in [2.45, 2.75) is 19.4 Å². The molecule has 1 atom stereocenters. The summed E-state index contributed by atoms with van der Waals surface area (Å²) in [5.41, 5.74) is 0.718. The molecule has 1 aliphatic rings. The van der Waals surface area contributed by atoms with E-state index in [9.17, 15) is 24.5 Å². The van der Waals surface area contributed by atoms with Gasteiger partial charge in [0.05, 0.1) is 16.3 Å². The first-order valence-electron chi connectivity index (χ1n) is 9.09. The minimum atomic E-state index is -0.676. The maximum Gasteiger partial charge on any atom is 0.288 e. The van der Waals surface area contributed by atoms with Crippen LogP contribution in [-0.4, -0.2) is 47.2 Å². The Hall–Kier alpha value is -3.46. The lowest BCUT2D eigenvalue weighted by molar-refractivity contribution is -0.384. The highest BCUT2D eigenvalue weighted by molar-refractivity contribution is 6.32. The van der Waals surface area contributed by atoms with Gasteiger partial charge in [-0.2, -0.15) is 0 Å². The van der Waals surface area contributed by atoms with Gasteiger partial charge in [0.1, 0.15) is 11.6 Å². The van der Waals surface area contributed by atoms with Gasteiger partial charge in [-0.25, -0.2) is 0 Å². The number of nitro groups is 1. The highest BCUT2D eigenvalue weighted by atomic mass is 35.5. The van der Waals surface area contributed by atoms with Crippen molar-refractivity contribution in [2.24, 2.45) is 0 Å². The van der Waals surface area contributed by atoms with E-state index >= 15 is 0 Å². The Morgan fingerprint density at radius 1 is 1.30 bits per heavy atom. The number of anilines is 2. The molecule has 0 radical (unpaired) electrons. The zero-order valence-electron chi connectivity index (χ0n) is 16.3. The Bertz CT molecular complexity index is 1040. The first kappa shape index (κ1) is 21.3. The third-order valence-corrected chi connectivity index (χ3v) is 5.06. The summed E-state index contributed by atoms with van der Waals surface area (Å²) in [7, 11) is 1.43. The van der Waals surface area contributed by atoms with E-state index in [-0.39, 0.29) is 41.1 Å². The summed E-state index contributed by atoms with van der Waals surface area (Å²) in [6.45, 7) is 1.48. The Kier molecular flexibility index (Phi) is 6.02. The standard InChI is InChI=1S/C20H19ClN4O5/c1-12-9-18(26)22-15-5-3-4-6-16(15)24(12)19(27)11-23(2)20(28)13-7-8-14(21)17(10-13)25(29)30/h3-8,10,12H,9,11H2,1-2H3,(H,22,26)/t12-/m0/s1. The number of likely N-dealkylation sites (N-methyl/N-ethyl adjacent to an activating group) is 1. The van der Waals surface area contributed by atoms with Crippen LogP contribution in [0.1, 0.15) is 23.7 Å². The highest BCUT2D eigenvalue weighted by Gasteiger charge is 2.31. The van der Waals surface area contributed by atoms with E-state index in [4.69, 9.17) is 11.6 Å². The molecule has 156 valence electrons. The number of fused-ring (bicyclic) bond motifs is 1. The molecule has 0 aromatic heterocycles. The van der Waals surface area contributed by atoms with Crippen molar-refractivity contribution >= 4 is 46.4 Å². The number of rotatable bonds is 4. The van der Waals surface area contributed by atoms with Gasteiger partial charge in [-0.15, -0.1) is 0 Å². The molecule has 0 bridgehead atoms. The van der Waals surface area contributed by atoms with Gasteiger partial charge in [-0.3, -0.25) is 24.5 Å². The molecule has 10 heteroatoms. The predicted molar refractivity (Wildman–Crippen MR) is 112 cm³/mol. The number of nitrogens with zero attached hydrogens (tertiary/aromatic N) is 3. The summed E-state index contributed by atoms with van der Waals surface area (Å²) in [6.07, 6.45) is 0.113. The number of nitrogens with one attached hydrogen (secondary N) is 1. The zero-order valence-corrected chi connectivity index (χ0v) is 17.0. The van der Waals surface area contributed by atoms with Crippen LogP contribution < -0.4 is 10.2 Å². The van der Waals surface area contributed by atoms with Gasteiger partial charge < -0.3 is 15.1 Å². The molecular weight excluding hydrogens is 412 g/mol. The molecule has 2 aromatic rings. The molecule has 0 spiro atoms. The van der Waals surface area contributed by atoms with E-state index in [2.05, 4.69) is 5.32 Å². The SMILES string of the molecule is C[C@H]1CC(=O)Nc2ccccc2N1C(=O)CN(C)C(=O)c1ccc(Cl)c([N+](=O)[O-])c1. The van der Waals surface area contributed by atoms with E-state index < -0.39 is 16.9 Å². The molecule has 0 unspecified atom stereocenters. The predicted octanol–water partition coefficient (Wildman–Crippen LogP) is 3.08. The molecule has 0 saturated carbocycles. The van der Waals surface area contributed by atoms with Crippen LogP contribution in [0, 0.1) is 10.1 Å². The topological polar surface area (TPSA) is 113 Å². The fourth-order valence-corrected chi connectivity index (χ4v) is 3.51. The summed E-state index contributed by atoms with van der Waals surface area (Å²) < 4.78 is 0. The number of benzene rings is 2. The van der Waals surface area contributed by atoms with Crippen LogP contribution in [0.2, 0.25) is 5.02 Å². The summed E-state index contributed by atoms with van der Waals surface area (Å²) in [6, 6.07) is 10.2. The Morgan fingerprint density at radius 2 is 2.00 bits per heavy atom. The molecule has 1 heterocycles. The van der Waals surface area contributed by atoms with E-state index in [0.29, 0.717) is 11.4 Å². The summed E-state index contributed by atoms with van der Waals surface area (Å²) >= 11 is 5.79. The molecule has 3 amide bonds. The molecule has 2 aromatic carbocycles. The number of hydrogen-bond donors (Lipinski definition) is 1. The Morgan fingerprint density at radius 3 is 2.70 bits per heavy atom. The number of carbonyl (C=O) groups excluding carboxylic acids is 3. The molecular formula is C20H19ClN4O5. The number of amides is 3. The molecule has 3 rings (SSSR count). The van der Waals surface area contributed by atoms with Crippen molar-refractivity contribution in [1.82, 2.24) is 4.90 Å². The van der Waals surface area contributed by atoms with Gasteiger partial charge in [-0.05, 0) is 31.2 Å². The van der Waals surface area contributed by atoms with Gasteiger partial charge in [-0.1, -0.05) is 23.7 Å². The number of hydrogen-bond acceptors (Lipinski definition) is 5. The van der Waals surface area contributed by atoms with E-state index in [0.717, 1.165) is 6.07 Å². The smallest absolute Gasteiger partial charge is 0.288 e. The maximum atomic E-state index is 13.1. The van der Waals surface area contributed by atoms with Gasteiger partial charge >= 0.3 is 0 Å². The number of nitro benzene ring substituents is 1. The Balaban J connectivity index is 1.83. The summed E-state index contributed by atoms with van der Waals surface area (Å²) in [5.74, 6) is -1.15. The maximum absolute atomic E-state index is 13.1. The third-order valence-electron chi connectivity index (χ3n) is 4.74. The molecule has 0 saturated heterocycles. The minimum absolute atomic E-state index is 0.0440. The fraction of sp³-hybridized carbons (Fsp3) is 0.250. The lowest BCUT2D eigenvalue weighted by atomic mass is 10.1. The Labute approximate surface area is 177 Å². The lowest BCUT2D eigenvalue weighted by Gasteiger charge is -2.29. The average Bonchev–Trinajstić information content (AvgIpc) is 2.81. The molecule has 30 heavy (non-hydrogen) atoms. The molecule has 1 aliphatic heterocycles. The largest absolute Gasteiger partial charge is 0.332 e. The van der Waals surface area contributed by atoms with E-state index in [1.807, 2.05) is 0 Å². The first-order valence-corrected chi connectivity index (χ1v) is 9.47. The fourth-order valence-electron chi connectivity index (χ4n) is 3.32. The number of halogens is 1. The van der Waals surface area contributed by atoms with Crippen LogP contribution in [0.4, 0.5) is 17.1 Å². The first-order chi connectivity index (χ1) is 14.2. The van der Waals surface area contributed by atoms with Crippen LogP contribution in [0.3, 0.4) is 0 Å². The van der Waals surface area contributed by atoms with Crippen molar-refractivity contribution < 1.29 is 19.3 Å². The second kappa shape index (κ2) is 8.50. The van der Waals surface area contributed by atoms with Gasteiger partial charge in [0, 0.05) is 31.1 Å². The van der Waals surface area contributed by atoms with Crippen molar-refractivity contribution in [3.63, 3.8) is 0 Å². The second-order valence-corrected chi connectivity index (χ2v) is 7.37. The van der Waals surface area contributed by atoms with Crippen molar-refractivity contribution in [3.8, 4) is 0 Å². The summed E-state index contributed by atoms with van der Waals surface area (Å²) in [5, 5.41) is 13.8. The molecule has 0 aliphatic carbocycles. The van der Waals surface area contributed by atoms with Crippen molar-refractivity contribution in [1.29, 1.82) is 0 Å². The molecule has 1 N–H and O–H groups in total. The number of para-hydroxylation sites is 2. The van der Waals surface area contributed by atoms with Crippen molar-refractivity contribution in [2.75, 3.05) is 23.8 Å². The van der Waals surface area contributed by atoms with Crippen molar-refractivity contribution in [3.05, 3.63) is 63.2 Å². The third kappa shape index (κ3) is 4.25. The highest BCUT2D eigenvalue weighted by Crippen LogP contribution is 2.31. The summed E-state index contributed by atoms with van der Waals surface area (Å²) in [4.78, 5) is 50.9. The van der Waals surface area contributed by atoms with Gasteiger partial charge in [0.2, 0.25) is 11.8 Å². The second-order valence-electron chi connectivity index (χ2n) is 6.97. The van der Waals surface area contributed by atoms with Gasteiger partial charge in [0.25, 0.3) is 11.6 Å². The van der Waals surface area contributed by atoms with E-state index in [1.54, 1.807) is 31.2 Å². The van der Waals surface area contributed by atoms with E-state index in [1.165, 1.54) is 29.0 Å². The normalized spacial score (nSPS) is 15.6. The van der Waals surface area contributed by atoms with Crippen LogP contribution in [0.25, 0.3) is 0 Å². The monoisotopic (exact) mass is 430 g/mol. The quantitative estimate of drug-likeness (QED) is 0.591. The number of carbonyl (C=O) groups is 3. The zero-order chi connectivity index (χ0) is 22.0. The van der Waals surface area contributed by atoms with Crippen LogP contribution in [-0.2, 0) is 9.59 Å². The van der Waals surface area contributed by atoms with Gasteiger partial charge in [0.15, 0.2) is 0 Å². The van der Waals surface area contributed by atoms with Crippen LogP contribution in [0.5, 0.6) is 0 Å². The lowest BCUT2D eigenvalue weighted by Crippen LogP contribution is -2.45. The molecule has 0 fully saturated rings.